The number of hydrogen-bond acceptors (Lipinski definition) is 1. The van der Waals surface area contributed by atoms with Crippen LogP contribution >= 0.6 is 0 Å². The fourth-order valence-electron chi connectivity index (χ4n) is 7.23. The van der Waals surface area contributed by atoms with E-state index in [1.807, 2.05) is 30.3 Å². The van der Waals surface area contributed by atoms with Crippen molar-refractivity contribution in [3.8, 4) is 55.6 Å². The van der Waals surface area contributed by atoms with E-state index in [2.05, 4.69) is 169 Å². The predicted octanol–water partition coefficient (Wildman–Crippen LogP) is 14.6. The van der Waals surface area contributed by atoms with Crippen molar-refractivity contribution < 1.29 is 6.85 Å². The molecule has 0 saturated carbocycles. The van der Waals surface area contributed by atoms with Crippen LogP contribution in [0.25, 0.3) is 66.4 Å². The minimum Gasteiger partial charge on any atom is -0.310 e. The highest BCUT2D eigenvalue weighted by Crippen LogP contribution is 2.46. The maximum atomic E-state index is 8.64. The first-order chi connectivity index (χ1) is 28.4. The number of fused-ring (bicyclic) bond motifs is 1. The van der Waals surface area contributed by atoms with E-state index in [-0.39, 0.29) is 29.7 Å². The lowest BCUT2D eigenvalue weighted by Crippen LogP contribution is -2.11. The van der Waals surface area contributed by atoms with Crippen molar-refractivity contribution in [2.24, 2.45) is 0 Å². The van der Waals surface area contributed by atoms with E-state index >= 15 is 0 Å². The van der Waals surface area contributed by atoms with Gasteiger partial charge < -0.3 is 4.90 Å². The molecule has 0 heterocycles. The van der Waals surface area contributed by atoms with Gasteiger partial charge in [-0.15, -0.1) is 0 Å². The Balaban J connectivity index is 1.23. The molecule has 9 aromatic rings. The summed E-state index contributed by atoms with van der Waals surface area (Å²) in [4.78, 5) is 2.24. The molecular weight excluding hydrogens is 639 g/mol. The third kappa shape index (κ3) is 6.42. The molecular formula is C52H37N. The third-order valence-electron chi connectivity index (χ3n) is 9.77. The molecule has 0 aromatic heterocycles. The summed E-state index contributed by atoms with van der Waals surface area (Å²) in [6.45, 7) is 0. The molecule has 0 atom stereocenters. The van der Waals surface area contributed by atoms with Crippen LogP contribution in [0.1, 0.15) is 6.85 Å². The van der Waals surface area contributed by atoms with Gasteiger partial charge in [0.15, 0.2) is 0 Å². The Kier molecular flexibility index (Phi) is 7.25. The zero-order valence-electron chi connectivity index (χ0n) is 33.9. The van der Waals surface area contributed by atoms with Gasteiger partial charge in [0.2, 0.25) is 0 Å². The Morgan fingerprint density at radius 2 is 0.849 bits per heavy atom. The molecule has 9 aromatic carbocycles. The van der Waals surface area contributed by atoms with E-state index in [0.29, 0.717) is 5.56 Å². The first-order valence-electron chi connectivity index (χ1n) is 20.3. The first-order valence-corrected chi connectivity index (χ1v) is 17.8. The molecule has 0 saturated heterocycles. The van der Waals surface area contributed by atoms with Gasteiger partial charge in [0.1, 0.15) is 0 Å². The van der Waals surface area contributed by atoms with Crippen LogP contribution in [-0.4, -0.2) is 0 Å². The number of anilines is 3. The highest BCUT2D eigenvalue weighted by atomic mass is 15.1. The fourth-order valence-corrected chi connectivity index (χ4v) is 7.23. The Labute approximate surface area is 318 Å². The molecule has 0 fully saturated rings. The van der Waals surface area contributed by atoms with Crippen LogP contribution in [0.3, 0.4) is 0 Å². The number of benzene rings is 9. The molecule has 1 heteroatoms. The second-order valence-electron chi connectivity index (χ2n) is 13.0. The van der Waals surface area contributed by atoms with Crippen LogP contribution in [0.5, 0.6) is 0 Å². The minimum atomic E-state index is -0.406. The van der Waals surface area contributed by atoms with Crippen molar-refractivity contribution in [3.05, 3.63) is 224 Å². The van der Waals surface area contributed by atoms with Crippen molar-refractivity contribution in [1.82, 2.24) is 0 Å². The van der Waals surface area contributed by atoms with Crippen LogP contribution in [0, 0.1) is 0 Å². The van der Waals surface area contributed by atoms with Crippen molar-refractivity contribution >= 4 is 27.8 Å². The average molecular weight is 681 g/mol. The summed E-state index contributed by atoms with van der Waals surface area (Å²) in [6.07, 6.45) is 0. The fraction of sp³-hybridized carbons (Fsp3) is 0. The summed E-state index contributed by atoms with van der Waals surface area (Å²) < 4.78 is 42.0. The molecule has 0 unspecified atom stereocenters. The smallest absolute Gasteiger partial charge is 0.0629 e. The summed E-state index contributed by atoms with van der Waals surface area (Å²) >= 11 is 0. The monoisotopic (exact) mass is 680 g/mol. The van der Waals surface area contributed by atoms with Crippen molar-refractivity contribution in [3.63, 3.8) is 0 Å². The van der Waals surface area contributed by atoms with Gasteiger partial charge in [-0.2, -0.15) is 0 Å². The normalized spacial score (nSPS) is 12.3. The van der Waals surface area contributed by atoms with E-state index < -0.39 is 6.04 Å². The largest absolute Gasteiger partial charge is 0.310 e. The lowest BCUT2D eigenvalue weighted by Gasteiger charge is -2.29. The van der Waals surface area contributed by atoms with Gasteiger partial charge in [0.25, 0.3) is 0 Å². The summed E-state index contributed by atoms with van der Waals surface area (Å²) in [6, 6.07) is 65.5. The van der Waals surface area contributed by atoms with Gasteiger partial charge in [-0.1, -0.05) is 188 Å². The summed E-state index contributed by atoms with van der Waals surface area (Å²) in [5.74, 6) is 0. The van der Waals surface area contributed by atoms with Crippen LogP contribution < -0.4 is 4.90 Å². The summed E-state index contributed by atoms with van der Waals surface area (Å²) in [7, 11) is 0. The zero-order valence-corrected chi connectivity index (χ0v) is 28.9. The SMILES string of the molecule is [2H]c1c([2H])c([2H])c(-c2ccc(N(c3cccc(-c4ccc5ccccc5c4)c3)c3ccccc3-c3ccccc3-c3ccccc3-c3ccccc3)cc2)c([2H])c1[2H]. The van der Waals surface area contributed by atoms with Gasteiger partial charge in [-0.3, -0.25) is 0 Å². The zero-order chi connectivity index (χ0) is 39.8. The minimum absolute atomic E-state index is 0.175. The Morgan fingerprint density at radius 3 is 1.60 bits per heavy atom. The average Bonchev–Trinajstić information content (AvgIpc) is 3.29. The second kappa shape index (κ2) is 14.3. The van der Waals surface area contributed by atoms with E-state index in [4.69, 9.17) is 6.85 Å². The van der Waals surface area contributed by atoms with Gasteiger partial charge in [0, 0.05) is 16.9 Å². The van der Waals surface area contributed by atoms with Gasteiger partial charge >= 0.3 is 0 Å². The maximum absolute atomic E-state index is 8.64. The van der Waals surface area contributed by atoms with Crippen LogP contribution in [0.2, 0.25) is 0 Å². The molecule has 0 aliphatic heterocycles. The van der Waals surface area contributed by atoms with Gasteiger partial charge in [-0.25, -0.2) is 0 Å². The second-order valence-corrected chi connectivity index (χ2v) is 13.0. The molecule has 53 heavy (non-hydrogen) atoms. The standard InChI is InChI=1S/C52H37N/c1-3-16-38(17-4-1)40-32-34-45(35-33-40)53(46-23-15-22-43(37-46)44-31-30-39-18-7-8-21-42(39)36-44)52-29-14-13-28-51(52)50-27-12-11-26-49(50)48-25-10-9-24-47(48)41-19-5-2-6-20-41/h1-37H/i1D,3D,4D,16D,17D. The molecule has 0 aliphatic rings. The summed E-state index contributed by atoms with van der Waals surface area (Å²) in [5.41, 5.74) is 12.3. The molecule has 0 bridgehead atoms. The number of hydrogen-bond donors (Lipinski definition) is 0. The highest BCUT2D eigenvalue weighted by molar-refractivity contribution is 5.97. The maximum Gasteiger partial charge on any atom is 0.0629 e. The van der Waals surface area contributed by atoms with Gasteiger partial charge in [0.05, 0.1) is 12.5 Å². The third-order valence-corrected chi connectivity index (χ3v) is 9.77. The Morgan fingerprint density at radius 1 is 0.302 bits per heavy atom. The number of para-hydroxylation sites is 1. The van der Waals surface area contributed by atoms with Crippen molar-refractivity contribution in [2.75, 3.05) is 4.90 Å². The number of nitrogens with zero attached hydrogens (tertiary/aromatic N) is 1. The van der Waals surface area contributed by atoms with E-state index in [1.165, 1.54) is 10.8 Å². The van der Waals surface area contributed by atoms with Crippen LogP contribution in [0.15, 0.2) is 224 Å². The van der Waals surface area contributed by atoms with E-state index in [0.717, 1.165) is 61.6 Å². The topological polar surface area (TPSA) is 3.24 Å². The molecule has 250 valence electrons. The summed E-state index contributed by atoms with van der Waals surface area (Å²) in [5, 5.41) is 2.35. The van der Waals surface area contributed by atoms with Crippen molar-refractivity contribution in [1.29, 1.82) is 0 Å². The molecule has 9 rings (SSSR count). The molecule has 0 spiro atoms. The van der Waals surface area contributed by atoms with Gasteiger partial charge in [-0.05, 0) is 97.2 Å². The Bertz CT molecular complexity index is 2930. The lowest BCUT2D eigenvalue weighted by molar-refractivity contribution is 1.28. The highest BCUT2D eigenvalue weighted by Gasteiger charge is 2.20. The van der Waals surface area contributed by atoms with Crippen LogP contribution in [0.4, 0.5) is 17.1 Å². The Hall–Kier alpha value is -6.96. The molecule has 0 aliphatic carbocycles. The van der Waals surface area contributed by atoms with Crippen LogP contribution in [-0.2, 0) is 0 Å². The predicted molar refractivity (Wildman–Crippen MR) is 226 cm³/mol. The molecule has 0 N–H and O–H groups in total. The molecule has 0 radical (unpaired) electrons. The first kappa shape index (κ1) is 26.8. The number of rotatable bonds is 8. The van der Waals surface area contributed by atoms with E-state index in [9.17, 15) is 0 Å². The molecule has 0 amide bonds. The van der Waals surface area contributed by atoms with Crippen molar-refractivity contribution in [2.45, 2.75) is 0 Å². The van der Waals surface area contributed by atoms with E-state index in [1.54, 1.807) is 0 Å². The molecule has 1 nitrogen and oxygen atoms in total. The lowest BCUT2D eigenvalue weighted by atomic mass is 9.88. The quantitative estimate of drug-likeness (QED) is 0.154.